The lowest BCUT2D eigenvalue weighted by Gasteiger charge is -2.03. The Morgan fingerprint density at radius 1 is 1.53 bits per heavy atom. The van der Waals surface area contributed by atoms with Gasteiger partial charge in [0.25, 0.3) is 0 Å². The standard InChI is InChI=1S/C11H6ClN3O2/c12-10-9(11(16)17)6-14-15(10)8-3-1-2-7(4-8)5-13/h1-4,6H,(H,16,17). The molecule has 1 aromatic carbocycles. The van der Waals surface area contributed by atoms with Crippen LogP contribution in [0, 0.1) is 11.3 Å². The highest BCUT2D eigenvalue weighted by atomic mass is 35.5. The van der Waals surface area contributed by atoms with Crippen LogP contribution >= 0.6 is 11.6 Å². The van der Waals surface area contributed by atoms with Gasteiger partial charge in [-0.25, -0.2) is 9.48 Å². The number of halogens is 1. The predicted octanol–water partition coefficient (Wildman–Crippen LogP) is 2.10. The first-order valence-corrected chi connectivity index (χ1v) is 4.98. The molecule has 0 saturated heterocycles. The molecule has 0 aliphatic rings. The van der Waals surface area contributed by atoms with E-state index in [-0.39, 0.29) is 10.7 Å². The van der Waals surface area contributed by atoms with Crippen molar-refractivity contribution in [1.82, 2.24) is 9.78 Å². The van der Waals surface area contributed by atoms with Crippen molar-refractivity contribution in [2.75, 3.05) is 0 Å². The predicted molar refractivity (Wildman–Crippen MR) is 60.2 cm³/mol. The number of hydrogen-bond donors (Lipinski definition) is 1. The van der Waals surface area contributed by atoms with Gasteiger partial charge in [0.2, 0.25) is 0 Å². The van der Waals surface area contributed by atoms with E-state index in [1.165, 1.54) is 10.9 Å². The van der Waals surface area contributed by atoms with Crippen LogP contribution in [0.3, 0.4) is 0 Å². The van der Waals surface area contributed by atoms with Crippen molar-refractivity contribution in [2.24, 2.45) is 0 Å². The van der Waals surface area contributed by atoms with Crippen LogP contribution in [0.5, 0.6) is 0 Å². The van der Waals surface area contributed by atoms with Crippen molar-refractivity contribution >= 4 is 17.6 Å². The first kappa shape index (κ1) is 11.2. The molecule has 0 fully saturated rings. The van der Waals surface area contributed by atoms with Gasteiger partial charge in [0, 0.05) is 0 Å². The second-order valence-electron chi connectivity index (χ2n) is 3.23. The zero-order valence-corrected chi connectivity index (χ0v) is 9.22. The van der Waals surface area contributed by atoms with Crippen molar-refractivity contribution in [2.45, 2.75) is 0 Å². The number of carboxylic acids is 1. The molecule has 84 valence electrons. The van der Waals surface area contributed by atoms with Gasteiger partial charge in [-0.05, 0) is 18.2 Å². The molecule has 0 spiro atoms. The molecule has 1 aromatic heterocycles. The van der Waals surface area contributed by atoms with Gasteiger partial charge in [0.05, 0.1) is 23.5 Å². The van der Waals surface area contributed by atoms with Crippen LogP contribution in [-0.4, -0.2) is 20.9 Å². The molecule has 0 radical (unpaired) electrons. The second-order valence-corrected chi connectivity index (χ2v) is 3.59. The summed E-state index contributed by atoms with van der Waals surface area (Å²) in [5, 5.41) is 21.5. The number of aromatic carboxylic acids is 1. The fraction of sp³-hybridized carbons (Fsp3) is 0. The van der Waals surface area contributed by atoms with Crippen LogP contribution < -0.4 is 0 Å². The Labute approximate surface area is 101 Å². The first-order chi connectivity index (χ1) is 8.13. The van der Waals surface area contributed by atoms with Gasteiger partial charge in [-0.1, -0.05) is 17.7 Å². The summed E-state index contributed by atoms with van der Waals surface area (Å²) in [5.74, 6) is -1.14. The summed E-state index contributed by atoms with van der Waals surface area (Å²) in [5.41, 5.74) is 0.918. The van der Waals surface area contributed by atoms with E-state index in [1.807, 2.05) is 6.07 Å². The number of nitriles is 1. The SMILES string of the molecule is N#Cc1cccc(-n2ncc(C(=O)O)c2Cl)c1. The summed E-state index contributed by atoms with van der Waals surface area (Å²) >= 11 is 5.89. The molecule has 0 aliphatic heterocycles. The maximum Gasteiger partial charge on any atom is 0.340 e. The van der Waals surface area contributed by atoms with Crippen molar-refractivity contribution < 1.29 is 9.90 Å². The van der Waals surface area contributed by atoms with Crippen molar-refractivity contribution in [3.63, 3.8) is 0 Å². The Balaban J connectivity index is 2.54. The van der Waals surface area contributed by atoms with E-state index >= 15 is 0 Å². The van der Waals surface area contributed by atoms with Crippen LogP contribution in [0.15, 0.2) is 30.5 Å². The van der Waals surface area contributed by atoms with Gasteiger partial charge in [0.15, 0.2) is 0 Å². The molecule has 0 aliphatic carbocycles. The molecule has 0 bridgehead atoms. The largest absolute Gasteiger partial charge is 0.478 e. The minimum Gasteiger partial charge on any atom is -0.478 e. The minimum absolute atomic E-state index is 0.00703. The lowest BCUT2D eigenvalue weighted by Crippen LogP contribution is -1.99. The fourth-order valence-electron chi connectivity index (χ4n) is 1.36. The van der Waals surface area contributed by atoms with E-state index in [2.05, 4.69) is 5.10 Å². The van der Waals surface area contributed by atoms with Gasteiger partial charge in [-0.3, -0.25) is 0 Å². The first-order valence-electron chi connectivity index (χ1n) is 4.61. The molecule has 5 nitrogen and oxygen atoms in total. The molecule has 1 heterocycles. The number of hydrogen-bond acceptors (Lipinski definition) is 3. The molecule has 2 aromatic rings. The Morgan fingerprint density at radius 3 is 2.88 bits per heavy atom. The van der Waals surface area contributed by atoms with Crippen LogP contribution in [0.4, 0.5) is 0 Å². The smallest absolute Gasteiger partial charge is 0.340 e. The Bertz CT molecular complexity index is 628. The average molecular weight is 248 g/mol. The summed E-state index contributed by atoms with van der Waals surface area (Å²) in [6.45, 7) is 0. The Hall–Kier alpha value is -2.32. The number of carbonyl (C=O) groups is 1. The van der Waals surface area contributed by atoms with Crippen LogP contribution in [0.1, 0.15) is 15.9 Å². The highest BCUT2D eigenvalue weighted by Gasteiger charge is 2.15. The highest BCUT2D eigenvalue weighted by molar-refractivity contribution is 6.32. The van der Waals surface area contributed by atoms with Gasteiger partial charge in [0.1, 0.15) is 10.7 Å². The zero-order valence-electron chi connectivity index (χ0n) is 8.46. The molecule has 1 N–H and O–H groups in total. The number of benzene rings is 1. The number of rotatable bonds is 2. The van der Waals surface area contributed by atoms with E-state index < -0.39 is 5.97 Å². The van der Waals surface area contributed by atoms with Gasteiger partial charge in [-0.2, -0.15) is 10.4 Å². The van der Waals surface area contributed by atoms with Gasteiger partial charge in [-0.15, -0.1) is 0 Å². The third-order valence-corrected chi connectivity index (χ3v) is 2.52. The van der Waals surface area contributed by atoms with Gasteiger partial charge >= 0.3 is 5.97 Å². The lowest BCUT2D eigenvalue weighted by atomic mass is 10.2. The maximum atomic E-state index is 10.8. The van der Waals surface area contributed by atoms with E-state index in [9.17, 15) is 4.79 Å². The summed E-state index contributed by atoms with van der Waals surface area (Å²) in [4.78, 5) is 10.8. The normalized spacial score (nSPS) is 9.88. The van der Waals surface area contributed by atoms with Crippen molar-refractivity contribution in [3.05, 3.63) is 46.7 Å². The summed E-state index contributed by atoms with van der Waals surface area (Å²) in [6, 6.07) is 8.56. The minimum atomic E-state index is -1.14. The number of nitrogens with zero attached hydrogens (tertiary/aromatic N) is 3. The molecule has 17 heavy (non-hydrogen) atoms. The van der Waals surface area contributed by atoms with Gasteiger partial charge < -0.3 is 5.11 Å². The van der Waals surface area contributed by atoms with E-state index in [0.717, 1.165) is 0 Å². The van der Waals surface area contributed by atoms with E-state index in [1.54, 1.807) is 24.3 Å². The topological polar surface area (TPSA) is 78.9 Å². The number of aromatic nitrogens is 2. The van der Waals surface area contributed by atoms with E-state index in [4.69, 9.17) is 22.0 Å². The van der Waals surface area contributed by atoms with Crippen LogP contribution in [0.25, 0.3) is 5.69 Å². The van der Waals surface area contributed by atoms with Crippen molar-refractivity contribution in [1.29, 1.82) is 5.26 Å². The molecule has 0 saturated carbocycles. The third-order valence-electron chi connectivity index (χ3n) is 2.16. The van der Waals surface area contributed by atoms with Crippen LogP contribution in [0.2, 0.25) is 5.15 Å². The third kappa shape index (κ3) is 1.98. The number of carboxylic acid groups (broad SMARTS) is 1. The second kappa shape index (κ2) is 4.28. The van der Waals surface area contributed by atoms with E-state index in [0.29, 0.717) is 11.3 Å². The van der Waals surface area contributed by atoms with Crippen LogP contribution in [-0.2, 0) is 0 Å². The maximum absolute atomic E-state index is 10.8. The summed E-state index contributed by atoms with van der Waals surface area (Å²) in [6.07, 6.45) is 1.17. The highest BCUT2D eigenvalue weighted by Crippen LogP contribution is 2.20. The summed E-state index contributed by atoms with van der Waals surface area (Å²) < 4.78 is 1.27. The quantitative estimate of drug-likeness (QED) is 0.881. The summed E-state index contributed by atoms with van der Waals surface area (Å²) in [7, 11) is 0. The lowest BCUT2D eigenvalue weighted by molar-refractivity contribution is 0.0697. The molecular weight excluding hydrogens is 242 g/mol. The Morgan fingerprint density at radius 2 is 2.29 bits per heavy atom. The molecule has 0 unspecified atom stereocenters. The Kier molecular flexibility index (Phi) is 2.81. The molecule has 6 heteroatoms. The molecular formula is C11H6ClN3O2. The molecule has 0 amide bonds. The zero-order chi connectivity index (χ0) is 12.4. The fourth-order valence-corrected chi connectivity index (χ4v) is 1.64. The molecule has 0 atom stereocenters. The monoisotopic (exact) mass is 247 g/mol. The molecule has 2 rings (SSSR count). The average Bonchev–Trinajstić information content (AvgIpc) is 2.71. The van der Waals surface area contributed by atoms with Crippen molar-refractivity contribution in [3.8, 4) is 11.8 Å².